The van der Waals surface area contributed by atoms with E-state index < -0.39 is 17.2 Å². The lowest BCUT2D eigenvalue weighted by atomic mass is 10.1. The van der Waals surface area contributed by atoms with Crippen molar-refractivity contribution in [3.05, 3.63) is 0 Å². The average molecular weight is 272 g/mol. The Balaban J connectivity index is 0. The van der Waals surface area contributed by atoms with Gasteiger partial charge in [0.05, 0.1) is 24.8 Å². The van der Waals surface area contributed by atoms with Crippen LogP contribution < -0.4 is 0 Å². The van der Waals surface area contributed by atoms with E-state index in [0.717, 1.165) is 0 Å². The standard InChI is InChI=1S/C8H12N4.C3H8O2S/c1-7(2,5-9)11-12-8(3,4)6-10;4-1-3(5)2-6/h1-4H3;3-6H,1-2H2. The minimum atomic E-state index is -0.839. The quantitative estimate of drug-likeness (QED) is 0.529. The largest absolute Gasteiger partial charge is 0.394 e. The van der Waals surface area contributed by atoms with Crippen molar-refractivity contribution >= 4 is 12.6 Å². The molecule has 0 aromatic carbocycles. The minimum absolute atomic E-state index is 0.191. The highest BCUT2D eigenvalue weighted by molar-refractivity contribution is 7.80. The van der Waals surface area contributed by atoms with Crippen molar-refractivity contribution in [2.45, 2.75) is 44.9 Å². The van der Waals surface area contributed by atoms with Gasteiger partial charge >= 0.3 is 0 Å². The number of azo groups is 1. The number of thiol groups is 1. The molecule has 0 spiro atoms. The summed E-state index contributed by atoms with van der Waals surface area (Å²) in [5.41, 5.74) is -1.68. The number of aliphatic hydroxyl groups is 2. The fourth-order valence-corrected chi connectivity index (χ4v) is 0.468. The molecule has 0 amide bonds. The topological polar surface area (TPSA) is 113 Å². The molecular formula is C11H20N4O2S. The van der Waals surface area contributed by atoms with Gasteiger partial charge in [-0.3, -0.25) is 0 Å². The summed E-state index contributed by atoms with van der Waals surface area (Å²) in [6.07, 6.45) is -0.645. The van der Waals surface area contributed by atoms with Crippen LogP contribution in [-0.4, -0.2) is 39.8 Å². The van der Waals surface area contributed by atoms with Gasteiger partial charge < -0.3 is 10.2 Å². The van der Waals surface area contributed by atoms with Crippen LogP contribution in [0.4, 0.5) is 0 Å². The van der Waals surface area contributed by atoms with Gasteiger partial charge in [-0.15, -0.1) is 0 Å². The Morgan fingerprint density at radius 1 is 1.11 bits per heavy atom. The Hall–Kier alpha value is -1.15. The van der Waals surface area contributed by atoms with Gasteiger partial charge in [0.2, 0.25) is 0 Å². The van der Waals surface area contributed by atoms with E-state index >= 15 is 0 Å². The molecule has 6 nitrogen and oxygen atoms in total. The molecule has 0 saturated heterocycles. The van der Waals surface area contributed by atoms with Crippen LogP contribution in [-0.2, 0) is 0 Å². The highest BCUT2D eigenvalue weighted by Gasteiger charge is 2.19. The number of hydrogen-bond donors (Lipinski definition) is 3. The molecule has 0 fully saturated rings. The number of nitriles is 2. The first-order valence-electron chi connectivity index (χ1n) is 5.30. The molecule has 0 aliphatic rings. The SMILES string of the molecule is CC(C)(C#N)N=NC(C)(C)C#N.OCC(O)CS. The predicted molar refractivity (Wildman–Crippen MR) is 71.2 cm³/mol. The summed E-state index contributed by atoms with van der Waals surface area (Å²) in [7, 11) is 0. The number of nitrogens with zero attached hydrogens (tertiary/aromatic N) is 4. The van der Waals surface area contributed by atoms with Gasteiger partial charge in [0, 0.05) is 5.75 Å². The third-order valence-corrected chi connectivity index (χ3v) is 1.94. The monoisotopic (exact) mass is 272 g/mol. The molecule has 102 valence electrons. The molecule has 0 bridgehead atoms. The second kappa shape index (κ2) is 8.87. The summed E-state index contributed by atoms with van der Waals surface area (Å²) in [6, 6.07) is 3.94. The summed E-state index contributed by atoms with van der Waals surface area (Å²) in [4.78, 5) is 0. The van der Waals surface area contributed by atoms with Gasteiger partial charge in [-0.25, -0.2) is 0 Å². The molecular weight excluding hydrogens is 252 g/mol. The van der Waals surface area contributed by atoms with Crippen LogP contribution in [0.2, 0.25) is 0 Å². The first-order valence-corrected chi connectivity index (χ1v) is 5.93. The molecule has 0 radical (unpaired) electrons. The zero-order valence-corrected chi connectivity index (χ0v) is 12.0. The van der Waals surface area contributed by atoms with Gasteiger partial charge in [-0.1, -0.05) is 0 Å². The Morgan fingerprint density at radius 3 is 1.56 bits per heavy atom. The minimum Gasteiger partial charge on any atom is -0.394 e. The van der Waals surface area contributed by atoms with Crippen molar-refractivity contribution in [1.29, 1.82) is 10.5 Å². The van der Waals surface area contributed by atoms with Crippen LogP contribution in [0.1, 0.15) is 27.7 Å². The molecule has 0 aliphatic heterocycles. The zero-order valence-electron chi connectivity index (χ0n) is 11.1. The average Bonchev–Trinajstić information content (AvgIpc) is 2.36. The summed E-state index contributed by atoms with van der Waals surface area (Å²) in [5.74, 6) is 0.330. The number of aliphatic hydroxyl groups excluding tert-OH is 2. The van der Waals surface area contributed by atoms with Gasteiger partial charge in [0.1, 0.15) is 0 Å². The highest BCUT2D eigenvalue weighted by atomic mass is 32.1. The molecule has 1 unspecified atom stereocenters. The van der Waals surface area contributed by atoms with Crippen LogP contribution in [0.3, 0.4) is 0 Å². The van der Waals surface area contributed by atoms with Gasteiger partial charge in [0.25, 0.3) is 0 Å². The van der Waals surface area contributed by atoms with Crippen molar-refractivity contribution < 1.29 is 10.2 Å². The predicted octanol–water partition coefficient (Wildman–Crippen LogP) is 1.31. The maximum atomic E-state index is 8.58. The van der Waals surface area contributed by atoms with Crippen molar-refractivity contribution in [2.75, 3.05) is 12.4 Å². The van der Waals surface area contributed by atoms with E-state index in [-0.39, 0.29) is 6.61 Å². The van der Waals surface area contributed by atoms with E-state index in [1.165, 1.54) is 0 Å². The summed E-state index contributed by atoms with van der Waals surface area (Å²) < 4.78 is 0. The van der Waals surface area contributed by atoms with Crippen molar-refractivity contribution in [1.82, 2.24) is 0 Å². The summed E-state index contributed by atoms with van der Waals surface area (Å²) in [6.45, 7) is 6.38. The molecule has 0 saturated carbocycles. The Bertz CT molecular complexity index is 310. The Kier molecular flexibility index (Phi) is 9.46. The first-order chi connectivity index (χ1) is 8.14. The lowest BCUT2D eigenvalue weighted by Crippen LogP contribution is -2.17. The molecule has 7 heteroatoms. The smallest absolute Gasteiger partial charge is 0.162 e. The van der Waals surface area contributed by atoms with Crippen LogP contribution in [0.5, 0.6) is 0 Å². The molecule has 1 atom stereocenters. The van der Waals surface area contributed by atoms with Gasteiger partial charge in [-0.2, -0.15) is 33.4 Å². The lowest BCUT2D eigenvalue weighted by molar-refractivity contribution is 0.114. The number of rotatable bonds is 4. The van der Waals surface area contributed by atoms with E-state index in [1.807, 2.05) is 12.1 Å². The van der Waals surface area contributed by atoms with Crippen molar-refractivity contribution in [2.24, 2.45) is 10.2 Å². The van der Waals surface area contributed by atoms with Crippen molar-refractivity contribution in [3.63, 3.8) is 0 Å². The van der Waals surface area contributed by atoms with Crippen LogP contribution in [0, 0.1) is 22.7 Å². The fraction of sp³-hybridized carbons (Fsp3) is 0.818. The van der Waals surface area contributed by atoms with E-state index in [0.29, 0.717) is 5.75 Å². The Morgan fingerprint density at radius 2 is 1.44 bits per heavy atom. The lowest BCUT2D eigenvalue weighted by Gasteiger charge is -2.11. The molecule has 0 aromatic heterocycles. The van der Waals surface area contributed by atoms with E-state index in [9.17, 15) is 0 Å². The zero-order chi connectivity index (χ0) is 14.8. The van der Waals surface area contributed by atoms with Crippen molar-refractivity contribution in [3.8, 4) is 12.1 Å². The molecule has 0 heterocycles. The summed E-state index contributed by atoms with van der Waals surface area (Å²) in [5, 5.41) is 41.0. The van der Waals surface area contributed by atoms with E-state index in [4.69, 9.17) is 20.7 Å². The molecule has 0 rings (SSSR count). The fourth-order valence-electron chi connectivity index (χ4n) is 0.352. The molecule has 18 heavy (non-hydrogen) atoms. The molecule has 0 aliphatic carbocycles. The molecule has 2 N–H and O–H groups in total. The number of hydrogen-bond acceptors (Lipinski definition) is 7. The van der Waals surface area contributed by atoms with Crippen LogP contribution in [0.15, 0.2) is 10.2 Å². The molecule has 0 aromatic rings. The Labute approximate surface area is 113 Å². The third kappa shape index (κ3) is 11.3. The highest BCUT2D eigenvalue weighted by Crippen LogP contribution is 2.13. The maximum absolute atomic E-state index is 8.58. The van der Waals surface area contributed by atoms with Crippen LogP contribution >= 0.6 is 12.6 Å². The summed E-state index contributed by atoms with van der Waals surface area (Å²) >= 11 is 3.69. The van der Waals surface area contributed by atoms with E-state index in [1.54, 1.807) is 27.7 Å². The second-order valence-electron chi connectivity index (χ2n) is 4.56. The normalized spacial score (nSPS) is 13.2. The second-order valence-corrected chi connectivity index (χ2v) is 4.93. The maximum Gasteiger partial charge on any atom is 0.162 e. The van der Waals surface area contributed by atoms with Crippen LogP contribution in [0.25, 0.3) is 0 Å². The van der Waals surface area contributed by atoms with Gasteiger partial charge in [0.15, 0.2) is 11.1 Å². The third-order valence-electron chi connectivity index (χ3n) is 1.52. The van der Waals surface area contributed by atoms with Gasteiger partial charge in [-0.05, 0) is 27.7 Å². The van der Waals surface area contributed by atoms with E-state index in [2.05, 4.69) is 22.9 Å². The first kappa shape index (κ1) is 19.2.